The van der Waals surface area contributed by atoms with Crippen LogP contribution < -0.4 is 0 Å². The minimum Gasteiger partial charge on any atom is -0.460 e. The molecule has 5 nitrogen and oxygen atoms in total. The number of benzene rings is 1. The molecule has 2 aliphatic rings. The first-order chi connectivity index (χ1) is 13.6. The number of pyridine rings is 1. The van der Waals surface area contributed by atoms with Gasteiger partial charge < -0.3 is 14.8 Å². The molecule has 0 aliphatic heterocycles. The van der Waals surface area contributed by atoms with Crippen LogP contribution in [0.25, 0.3) is 17.3 Å². The van der Waals surface area contributed by atoms with E-state index in [4.69, 9.17) is 4.74 Å². The Morgan fingerprint density at radius 2 is 1.97 bits per heavy atom. The van der Waals surface area contributed by atoms with Crippen LogP contribution in [-0.4, -0.2) is 33.7 Å². The summed E-state index contributed by atoms with van der Waals surface area (Å²) >= 11 is 0. The Morgan fingerprint density at radius 3 is 2.59 bits per heavy atom. The monoisotopic (exact) mass is 395 g/mol. The molecule has 2 atom stereocenters. The summed E-state index contributed by atoms with van der Waals surface area (Å²) < 4.78 is 18.8. The molecule has 0 spiro atoms. The third-order valence-corrected chi connectivity index (χ3v) is 5.62. The van der Waals surface area contributed by atoms with Gasteiger partial charge in [-0.2, -0.15) is 0 Å². The lowest BCUT2D eigenvalue weighted by molar-refractivity contribution is -0.156. The second-order valence-corrected chi connectivity index (χ2v) is 8.82. The topological polar surface area (TPSA) is 79.7 Å². The molecule has 0 saturated heterocycles. The standard InChI is InChI=1S/C22H23BFNO4/c1-21(2,3)29-19(26)12-22-11-17(22)15-8-9-25-20(13-4-6-14(24)7-5-13)16(15)10-18(22)23(27)28/h4-10,17,27-28H,11-12H2,1-3H3/t17?,22-/m1/s1. The maximum absolute atomic E-state index is 13.3. The van der Waals surface area contributed by atoms with E-state index in [0.29, 0.717) is 17.6 Å². The Kier molecular flexibility index (Phi) is 4.63. The van der Waals surface area contributed by atoms with Crippen LogP contribution in [0.1, 0.15) is 50.7 Å². The number of carbonyl (C=O) groups excluding carboxylic acids is 1. The molecule has 150 valence electrons. The van der Waals surface area contributed by atoms with Gasteiger partial charge in [0.2, 0.25) is 0 Å². The van der Waals surface area contributed by atoms with Gasteiger partial charge in [-0.05, 0) is 74.5 Å². The van der Waals surface area contributed by atoms with Gasteiger partial charge >= 0.3 is 13.1 Å². The lowest BCUT2D eigenvalue weighted by atomic mass is 9.64. The van der Waals surface area contributed by atoms with E-state index in [9.17, 15) is 19.2 Å². The Balaban J connectivity index is 1.75. The second kappa shape index (κ2) is 6.78. The van der Waals surface area contributed by atoms with Gasteiger partial charge in [0.15, 0.2) is 0 Å². The SMILES string of the molecule is CC(C)(C)OC(=O)C[C@]12CC1c1ccnc(-c3ccc(F)cc3)c1C=C2B(O)O. The summed E-state index contributed by atoms with van der Waals surface area (Å²) in [6.07, 6.45) is 4.14. The number of nitrogens with zero attached hydrogens (tertiary/aromatic N) is 1. The predicted molar refractivity (Wildman–Crippen MR) is 108 cm³/mol. The number of ether oxygens (including phenoxy) is 1. The number of rotatable bonds is 4. The number of hydrogen-bond acceptors (Lipinski definition) is 5. The fraction of sp³-hybridized carbons (Fsp3) is 0.364. The van der Waals surface area contributed by atoms with Crippen LogP contribution >= 0.6 is 0 Å². The van der Waals surface area contributed by atoms with Crippen molar-refractivity contribution in [2.45, 2.75) is 45.1 Å². The number of halogens is 1. The normalized spacial score (nSPS) is 22.3. The van der Waals surface area contributed by atoms with Crippen LogP contribution in [0.2, 0.25) is 0 Å². The molecule has 4 rings (SSSR count). The summed E-state index contributed by atoms with van der Waals surface area (Å²) in [7, 11) is -1.68. The van der Waals surface area contributed by atoms with Crippen LogP contribution in [0.4, 0.5) is 4.39 Å². The third kappa shape index (κ3) is 3.60. The molecule has 2 aliphatic carbocycles. The molecule has 2 N–H and O–H groups in total. The maximum Gasteiger partial charge on any atom is 0.484 e. The van der Waals surface area contributed by atoms with Gasteiger partial charge in [0.25, 0.3) is 0 Å². The first-order valence-electron chi connectivity index (χ1n) is 9.66. The van der Waals surface area contributed by atoms with Crippen molar-refractivity contribution in [3.63, 3.8) is 0 Å². The van der Waals surface area contributed by atoms with Crippen molar-refractivity contribution in [1.82, 2.24) is 4.98 Å². The number of hydrogen-bond donors (Lipinski definition) is 2. The molecular formula is C22H23BFNO4. The smallest absolute Gasteiger partial charge is 0.460 e. The molecule has 0 amide bonds. The van der Waals surface area contributed by atoms with E-state index in [1.807, 2.05) is 6.07 Å². The number of carbonyl (C=O) groups is 1. The lowest BCUT2D eigenvalue weighted by Gasteiger charge is -2.28. The highest BCUT2D eigenvalue weighted by Crippen LogP contribution is 2.69. The fourth-order valence-corrected chi connectivity index (χ4v) is 4.38. The largest absolute Gasteiger partial charge is 0.484 e. The Hall–Kier alpha value is -2.51. The summed E-state index contributed by atoms with van der Waals surface area (Å²) in [5.41, 5.74) is 2.33. The second-order valence-electron chi connectivity index (χ2n) is 8.82. The zero-order chi connectivity index (χ0) is 21.0. The zero-order valence-electron chi connectivity index (χ0n) is 16.6. The number of aromatic nitrogens is 1. The molecule has 1 unspecified atom stereocenters. The number of allylic oxidation sites excluding steroid dienone is 1. The van der Waals surface area contributed by atoms with Gasteiger partial charge in [0, 0.05) is 22.7 Å². The molecule has 7 heteroatoms. The van der Waals surface area contributed by atoms with Crippen molar-refractivity contribution in [3.8, 4) is 11.3 Å². The Morgan fingerprint density at radius 1 is 1.28 bits per heavy atom. The van der Waals surface area contributed by atoms with E-state index in [0.717, 1.165) is 16.7 Å². The average molecular weight is 395 g/mol. The number of esters is 1. The van der Waals surface area contributed by atoms with E-state index in [-0.39, 0.29) is 24.1 Å². The highest BCUT2D eigenvalue weighted by molar-refractivity contribution is 6.53. The van der Waals surface area contributed by atoms with Crippen LogP contribution in [0.3, 0.4) is 0 Å². The maximum atomic E-state index is 13.3. The zero-order valence-corrected chi connectivity index (χ0v) is 16.6. The Bertz CT molecular complexity index is 997. The van der Waals surface area contributed by atoms with Crippen LogP contribution in [0.15, 0.2) is 42.0 Å². The molecule has 0 radical (unpaired) electrons. The predicted octanol–water partition coefficient (Wildman–Crippen LogP) is 3.50. The first-order valence-corrected chi connectivity index (χ1v) is 9.66. The van der Waals surface area contributed by atoms with Crippen molar-refractivity contribution in [1.29, 1.82) is 0 Å². The highest BCUT2D eigenvalue weighted by atomic mass is 19.1. The Labute approximate surface area is 169 Å². The van der Waals surface area contributed by atoms with E-state index < -0.39 is 18.1 Å². The van der Waals surface area contributed by atoms with Crippen molar-refractivity contribution in [2.75, 3.05) is 0 Å². The fourth-order valence-electron chi connectivity index (χ4n) is 4.38. The quantitative estimate of drug-likeness (QED) is 0.612. The van der Waals surface area contributed by atoms with E-state index >= 15 is 0 Å². The lowest BCUT2D eigenvalue weighted by Crippen LogP contribution is -2.31. The minimum atomic E-state index is -1.68. The van der Waals surface area contributed by atoms with Gasteiger partial charge in [0.1, 0.15) is 11.4 Å². The first kappa shape index (κ1) is 19.8. The van der Waals surface area contributed by atoms with Gasteiger partial charge in [0.05, 0.1) is 12.1 Å². The van der Waals surface area contributed by atoms with E-state index in [2.05, 4.69) is 4.98 Å². The van der Waals surface area contributed by atoms with E-state index in [1.54, 1.807) is 45.2 Å². The summed E-state index contributed by atoms with van der Waals surface area (Å²) in [6, 6.07) is 7.94. The summed E-state index contributed by atoms with van der Waals surface area (Å²) in [4.78, 5) is 16.9. The van der Waals surface area contributed by atoms with Gasteiger partial charge in [-0.15, -0.1) is 0 Å². The van der Waals surface area contributed by atoms with Gasteiger partial charge in [-0.3, -0.25) is 9.78 Å². The minimum absolute atomic E-state index is 0.0194. The molecule has 1 saturated carbocycles. The molecule has 29 heavy (non-hydrogen) atoms. The van der Waals surface area contributed by atoms with Crippen molar-refractivity contribution >= 4 is 19.2 Å². The summed E-state index contributed by atoms with van der Waals surface area (Å²) in [6.45, 7) is 5.42. The molecule has 0 bridgehead atoms. The van der Waals surface area contributed by atoms with Crippen molar-refractivity contribution in [2.24, 2.45) is 5.41 Å². The summed E-state index contributed by atoms with van der Waals surface area (Å²) in [5.74, 6) is -0.712. The molecule has 1 fully saturated rings. The van der Waals surface area contributed by atoms with Crippen molar-refractivity contribution in [3.05, 3.63) is 58.9 Å². The van der Waals surface area contributed by atoms with Gasteiger partial charge in [-0.25, -0.2) is 4.39 Å². The van der Waals surface area contributed by atoms with Gasteiger partial charge in [-0.1, -0.05) is 6.08 Å². The average Bonchev–Trinajstić information content (AvgIpc) is 3.34. The third-order valence-electron chi connectivity index (χ3n) is 5.62. The number of fused-ring (bicyclic) bond motifs is 3. The van der Waals surface area contributed by atoms with Crippen molar-refractivity contribution < 1.29 is 24.0 Å². The molecular weight excluding hydrogens is 372 g/mol. The van der Waals surface area contributed by atoms with Crippen LogP contribution in [0, 0.1) is 11.2 Å². The molecule has 2 aromatic rings. The van der Waals surface area contributed by atoms with E-state index in [1.165, 1.54) is 12.1 Å². The van der Waals surface area contributed by atoms with Crippen LogP contribution in [0.5, 0.6) is 0 Å². The highest BCUT2D eigenvalue weighted by Gasteiger charge is 2.62. The molecule has 1 heterocycles. The summed E-state index contributed by atoms with van der Waals surface area (Å²) in [5, 5.41) is 20.1. The van der Waals surface area contributed by atoms with Crippen LogP contribution in [-0.2, 0) is 9.53 Å². The molecule has 1 aromatic carbocycles. The molecule has 1 aromatic heterocycles.